The van der Waals surface area contributed by atoms with E-state index in [1.165, 1.54) is 42.4 Å². The standard InChI is InChI=1S/C29H26FN3O6/c1-16-5-8-20(13-17(16)2)32-27(35)26(34)31-15-23-12-11-22(39-23)14-24-25(29(37)38-4)18(3)33(28(24)36)21-9-6-19(30)7-10-21/h5-14H,15H2,1-4H3,(H,31,34)(H,32,35)/b24-14+. The Morgan fingerprint density at radius 2 is 1.69 bits per heavy atom. The average molecular weight is 532 g/mol. The smallest absolute Gasteiger partial charge is 0.340 e. The lowest BCUT2D eigenvalue weighted by atomic mass is 10.1. The number of benzene rings is 2. The van der Waals surface area contributed by atoms with E-state index in [1.807, 2.05) is 19.9 Å². The van der Waals surface area contributed by atoms with Crippen LogP contribution in [0.4, 0.5) is 15.8 Å². The molecule has 0 aliphatic carbocycles. The molecular formula is C29H26FN3O6. The summed E-state index contributed by atoms with van der Waals surface area (Å²) in [6.45, 7) is 5.34. The second-order valence-corrected chi connectivity index (χ2v) is 8.87. The van der Waals surface area contributed by atoms with Crippen LogP contribution in [0.3, 0.4) is 0 Å². The number of rotatable bonds is 6. The topological polar surface area (TPSA) is 118 Å². The number of ether oxygens (including phenoxy) is 1. The van der Waals surface area contributed by atoms with Gasteiger partial charge in [0.1, 0.15) is 17.3 Å². The number of furan rings is 1. The fraction of sp³-hybridized carbons (Fsp3) is 0.172. The van der Waals surface area contributed by atoms with Gasteiger partial charge in [0.2, 0.25) is 0 Å². The molecule has 0 spiro atoms. The van der Waals surface area contributed by atoms with E-state index < -0.39 is 29.5 Å². The molecule has 0 atom stereocenters. The molecule has 10 heteroatoms. The Labute approximate surface area is 223 Å². The average Bonchev–Trinajstić information content (AvgIpc) is 3.46. The molecule has 0 fully saturated rings. The van der Waals surface area contributed by atoms with E-state index >= 15 is 0 Å². The molecule has 200 valence electrons. The van der Waals surface area contributed by atoms with E-state index in [4.69, 9.17) is 9.15 Å². The number of halogens is 1. The molecule has 0 unspecified atom stereocenters. The Balaban J connectivity index is 1.48. The number of aryl methyl sites for hydroxylation is 2. The van der Waals surface area contributed by atoms with E-state index in [0.717, 1.165) is 11.1 Å². The van der Waals surface area contributed by atoms with Crippen molar-refractivity contribution >= 4 is 41.1 Å². The third-order valence-electron chi connectivity index (χ3n) is 6.24. The zero-order valence-electron chi connectivity index (χ0n) is 21.8. The molecule has 1 aliphatic heterocycles. The van der Waals surface area contributed by atoms with Crippen molar-refractivity contribution < 1.29 is 32.7 Å². The maximum absolute atomic E-state index is 13.4. The van der Waals surface area contributed by atoms with Crippen LogP contribution in [0.5, 0.6) is 0 Å². The molecular weight excluding hydrogens is 505 g/mol. The highest BCUT2D eigenvalue weighted by atomic mass is 19.1. The van der Waals surface area contributed by atoms with E-state index in [9.17, 15) is 23.6 Å². The second-order valence-electron chi connectivity index (χ2n) is 8.87. The van der Waals surface area contributed by atoms with E-state index in [0.29, 0.717) is 22.8 Å². The molecule has 0 bridgehead atoms. The van der Waals surface area contributed by atoms with Gasteiger partial charge in [-0.1, -0.05) is 6.07 Å². The van der Waals surface area contributed by atoms with Crippen LogP contribution in [-0.4, -0.2) is 30.8 Å². The van der Waals surface area contributed by atoms with Gasteiger partial charge in [0.15, 0.2) is 0 Å². The molecule has 39 heavy (non-hydrogen) atoms. The minimum atomic E-state index is -0.850. The first-order chi connectivity index (χ1) is 18.6. The molecule has 1 aromatic heterocycles. The minimum absolute atomic E-state index is 0.0291. The predicted octanol–water partition coefficient (Wildman–Crippen LogP) is 4.17. The molecule has 3 amide bonds. The lowest BCUT2D eigenvalue weighted by Gasteiger charge is -2.17. The lowest BCUT2D eigenvalue weighted by molar-refractivity contribution is -0.136. The number of nitrogens with one attached hydrogen (secondary N) is 2. The van der Waals surface area contributed by atoms with Gasteiger partial charge in [0, 0.05) is 17.1 Å². The predicted molar refractivity (Wildman–Crippen MR) is 142 cm³/mol. The molecule has 9 nitrogen and oxygen atoms in total. The Morgan fingerprint density at radius 3 is 2.36 bits per heavy atom. The van der Waals surface area contributed by atoms with Crippen LogP contribution < -0.4 is 15.5 Å². The molecule has 2 N–H and O–H groups in total. The molecule has 4 rings (SSSR count). The fourth-order valence-corrected chi connectivity index (χ4v) is 4.05. The zero-order chi connectivity index (χ0) is 28.3. The Bertz CT molecular complexity index is 1530. The number of hydrogen-bond donors (Lipinski definition) is 2. The molecule has 2 heterocycles. The summed E-state index contributed by atoms with van der Waals surface area (Å²) in [4.78, 5) is 51.6. The van der Waals surface area contributed by atoms with Gasteiger partial charge in [0.05, 0.1) is 24.8 Å². The lowest BCUT2D eigenvalue weighted by Crippen LogP contribution is -2.34. The molecule has 0 saturated carbocycles. The van der Waals surface area contributed by atoms with Gasteiger partial charge in [-0.15, -0.1) is 0 Å². The number of hydrogen-bond acceptors (Lipinski definition) is 6. The monoisotopic (exact) mass is 531 g/mol. The van der Waals surface area contributed by atoms with E-state index in [2.05, 4.69) is 10.6 Å². The van der Waals surface area contributed by atoms with Gasteiger partial charge in [0.25, 0.3) is 5.91 Å². The Hall–Kier alpha value is -4.99. The maximum atomic E-state index is 13.4. The summed E-state index contributed by atoms with van der Waals surface area (Å²) >= 11 is 0. The van der Waals surface area contributed by atoms with E-state index in [1.54, 1.807) is 31.2 Å². The van der Waals surface area contributed by atoms with Gasteiger partial charge in [-0.2, -0.15) is 0 Å². The van der Waals surface area contributed by atoms with Crippen LogP contribution in [0.25, 0.3) is 6.08 Å². The SMILES string of the molecule is COC(=O)C1=C(C)N(c2ccc(F)cc2)C(=O)/C1=C/c1ccc(CNC(=O)C(=O)Nc2ccc(C)c(C)c2)o1. The quantitative estimate of drug-likeness (QED) is 0.280. The van der Waals surface area contributed by atoms with Gasteiger partial charge in [-0.05, 0) is 86.5 Å². The van der Waals surface area contributed by atoms with Crippen molar-refractivity contribution in [3.8, 4) is 0 Å². The van der Waals surface area contributed by atoms with Gasteiger partial charge >= 0.3 is 17.8 Å². The molecule has 1 aliphatic rings. The van der Waals surface area contributed by atoms with Gasteiger partial charge in [-0.25, -0.2) is 9.18 Å². The number of carbonyl (C=O) groups is 4. The maximum Gasteiger partial charge on any atom is 0.340 e. The van der Waals surface area contributed by atoms with Crippen molar-refractivity contribution in [3.05, 3.63) is 99.9 Å². The molecule has 3 aromatic rings. The van der Waals surface area contributed by atoms with Crippen LogP contribution in [0, 0.1) is 19.7 Å². The summed E-state index contributed by atoms with van der Waals surface area (Å²) in [5, 5.41) is 5.03. The molecule has 0 saturated heterocycles. The fourth-order valence-electron chi connectivity index (χ4n) is 4.05. The number of methoxy groups -OCH3 is 1. The summed E-state index contributed by atoms with van der Waals surface area (Å²) in [5.74, 6) is -2.83. The highest BCUT2D eigenvalue weighted by molar-refractivity contribution is 6.39. The summed E-state index contributed by atoms with van der Waals surface area (Å²) in [5.41, 5.74) is 3.32. The van der Waals surface area contributed by atoms with Gasteiger partial charge < -0.3 is 19.8 Å². The summed E-state index contributed by atoms with van der Waals surface area (Å²) in [6, 6.07) is 13.7. The number of amides is 3. The van der Waals surface area contributed by atoms with Crippen molar-refractivity contribution in [2.24, 2.45) is 0 Å². The number of allylic oxidation sites excluding steroid dienone is 1. The van der Waals surface area contributed by atoms with Crippen LogP contribution in [0.2, 0.25) is 0 Å². The van der Waals surface area contributed by atoms with Crippen molar-refractivity contribution in [3.63, 3.8) is 0 Å². The number of esters is 1. The van der Waals surface area contributed by atoms with Crippen LogP contribution >= 0.6 is 0 Å². The van der Waals surface area contributed by atoms with Crippen molar-refractivity contribution in [1.82, 2.24) is 5.32 Å². The first-order valence-corrected chi connectivity index (χ1v) is 12.0. The number of carbonyl (C=O) groups excluding carboxylic acids is 4. The largest absolute Gasteiger partial charge is 0.465 e. The summed E-state index contributed by atoms with van der Waals surface area (Å²) in [6.07, 6.45) is 1.39. The normalized spacial score (nSPS) is 14.1. The third-order valence-corrected chi connectivity index (χ3v) is 6.24. The third kappa shape index (κ3) is 5.80. The molecule has 0 radical (unpaired) electrons. The highest BCUT2D eigenvalue weighted by Gasteiger charge is 2.38. The van der Waals surface area contributed by atoms with Crippen LogP contribution in [0.1, 0.15) is 29.6 Å². The minimum Gasteiger partial charge on any atom is -0.465 e. The Kier molecular flexibility index (Phi) is 7.75. The zero-order valence-corrected chi connectivity index (χ0v) is 21.8. The first-order valence-electron chi connectivity index (χ1n) is 12.0. The number of nitrogens with zero attached hydrogens (tertiary/aromatic N) is 1. The second kappa shape index (κ2) is 11.2. The highest BCUT2D eigenvalue weighted by Crippen LogP contribution is 2.35. The van der Waals surface area contributed by atoms with Crippen molar-refractivity contribution in [1.29, 1.82) is 0 Å². The van der Waals surface area contributed by atoms with Crippen molar-refractivity contribution in [2.75, 3.05) is 17.3 Å². The molecule has 2 aromatic carbocycles. The van der Waals surface area contributed by atoms with E-state index in [-0.39, 0.29) is 23.5 Å². The first kappa shape index (κ1) is 27.1. The number of anilines is 2. The Morgan fingerprint density at radius 1 is 0.974 bits per heavy atom. The summed E-state index contributed by atoms with van der Waals surface area (Å²) in [7, 11) is 1.20. The van der Waals surface area contributed by atoms with Crippen LogP contribution in [0.15, 0.2) is 75.9 Å². The van der Waals surface area contributed by atoms with Gasteiger partial charge in [-0.3, -0.25) is 19.3 Å². The van der Waals surface area contributed by atoms with Crippen molar-refractivity contribution in [2.45, 2.75) is 27.3 Å². The van der Waals surface area contributed by atoms with Crippen LogP contribution in [-0.2, 0) is 30.5 Å². The summed E-state index contributed by atoms with van der Waals surface area (Å²) < 4.78 is 24.0.